The molecule has 31 heavy (non-hydrogen) atoms. The number of benzene rings is 3. The van der Waals surface area contributed by atoms with Crippen LogP contribution in [0.3, 0.4) is 0 Å². The van der Waals surface area contributed by atoms with Crippen molar-refractivity contribution in [3.8, 4) is 0 Å². The molecule has 4 rings (SSSR count). The van der Waals surface area contributed by atoms with Crippen LogP contribution in [0.25, 0.3) is 16.5 Å². The summed E-state index contributed by atoms with van der Waals surface area (Å²) in [5.74, 6) is -2.38. The number of hydrogen-bond donors (Lipinski definition) is 1. The molecule has 0 saturated carbocycles. The lowest BCUT2D eigenvalue weighted by molar-refractivity contribution is -0.140. The number of hydrogen-bond acceptors (Lipinski definition) is 4. The summed E-state index contributed by atoms with van der Waals surface area (Å²) in [6, 6.07) is 18.0. The van der Waals surface area contributed by atoms with E-state index in [1.807, 2.05) is 49.3 Å². The van der Waals surface area contributed by atoms with Gasteiger partial charge < -0.3 is 14.9 Å². The smallest absolute Gasteiger partial charge is 0.295 e. The van der Waals surface area contributed by atoms with Gasteiger partial charge in [0, 0.05) is 24.2 Å². The highest BCUT2D eigenvalue weighted by Crippen LogP contribution is 2.40. The van der Waals surface area contributed by atoms with Crippen LogP contribution in [0.15, 0.2) is 72.3 Å². The van der Waals surface area contributed by atoms with Crippen molar-refractivity contribution in [3.05, 3.63) is 89.2 Å². The maximum absolute atomic E-state index is 14.8. The highest BCUT2D eigenvalue weighted by atomic mass is 19.1. The molecule has 3 aromatic rings. The van der Waals surface area contributed by atoms with Crippen LogP contribution in [0.1, 0.15) is 17.2 Å². The normalized spacial score (nSPS) is 18.3. The van der Waals surface area contributed by atoms with Crippen LogP contribution in [0.5, 0.6) is 0 Å². The third kappa shape index (κ3) is 3.82. The lowest BCUT2D eigenvalue weighted by atomic mass is 9.94. The van der Waals surface area contributed by atoms with Gasteiger partial charge in [0.25, 0.3) is 11.7 Å². The van der Waals surface area contributed by atoms with Crippen molar-refractivity contribution in [1.29, 1.82) is 0 Å². The molecule has 1 aliphatic rings. The first-order valence-electron chi connectivity index (χ1n) is 10.0. The Labute approximate surface area is 180 Å². The van der Waals surface area contributed by atoms with E-state index in [-0.39, 0.29) is 23.4 Å². The van der Waals surface area contributed by atoms with E-state index in [1.165, 1.54) is 11.0 Å². The van der Waals surface area contributed by atoms with Gasteiger partial charge >= 0.3 is 0 Å². The van der Waals surface area contributed by atoms with E-state index in [0.717, 1.165) is 10.8 Å². The fraction of sp³-hybridized carbons (Fsp3) is 0.200. The largest absolute Gasteiger partial charge is 0.507 e. The van der Waals surface area contributed by atoms with Crippen LogP contribution < -0.4 is 0 Å². The predicted octanol–water partition coefficient (Wildman–Crippen LogP) is 3.96. The third-order valence-corrected chi connectivity index (χ3v) is 5.55. The first kappa shape index (κ1) is 20.8. The summed E-state index contributed by atoms with van der Waals surface area (Å²) in [4.78, 5) is 29.1. The number of aliphatic hydroxyl groups is 1. The number of likely N-dealkylation sites (N-methyl/N-ethyl adjacent to an activating group) is 1. The molecule has 1 fully saturated rings. The van der Waals surface area contributed by atoms with Crippen molar-refractivity contribution in [1.82, 2.24) is 9.80 Å². The Morgan fingerprint density at radius 1 is 1.00 bits per heavy atom. The zero-order chi connectivity index (χ0) is 22.1. The maximum Gasteiger partial charge on any atom is 0.295 e. The molecular formula is C25H23FN2O3. The Kier molecular flexibility index (Phi) is 5.57. The second kappa shape index (κ2) is 8.32. The van der Waals surface area contributed by atoms with Gasteiger partial charge in [0.1, 0.15) is 11.6 Å². The van der Waals surface area contributed by atoms with Crippen molar-refractivity contribution in [3.63, 3.8) is 0 Å². The van der Waals surface area contributed by atoms with Gasteiger partial charge in [0.05, 0.1) is 11.6 Å². The van der Waals surface area contributed by atoms with E-state index in [4.69, 9.17) is 0 Å². The van der Waals surface area contributed by atoms with Crippen LogP contribution in [-0.2, 0) is 9.59 Å². The number of nitrogens with zero attached hydrogens (tertiary/aromatic N) is 2. The summed E-state index contributed by atoms with van der Waals surface area (Å²) in [5.41, 5.74) is 0.498. The minimum atomic E-state index is -0.993. The summed E-state index contributed by atoms with van der Waals surface area (Å²) < 4.78 is 14.8. The summed E-state index contributed by atoms with van der Waals surface area (Å²) in [5, 5.41) is 13.0. The van der Waals surface area contributed by atoms with E-state index in [2.05, 4.69) is 0 Å². The SMILES string of the molecule is CN(C)CCN1C(=O)C(=O)/C(=C(/O)c2ccc3ccccc3c2)C1c1ccccc1F. The Hall–Kier alpha value is -3.51. The summed E-state index contributed by atoms with van der Waals surface area (Å²) in [7, 11) is 3.70. The predicted molar refractivity (Wildman–Crippen MR) is 118 cm³/mol. The fourth-order valence-electron chi connectivity index (χ4n) is 3.93. The Balaban J connectivity index is 1.88. The molecule has 1 amide bonds. The molecule has 158 valence electrons. The molecule has 6 heteroatoms. The number of amides is 1. The lowest BCUT2D eigenvalue weighted by Gasteiger charge is -2.26. The molecule has 0 spiro atoms. The maximum atomic E-state index is 14.8. The zero-order valence-corrected chi connectivity index (χ0v) is 17.4. The number of carbonyl (C=O) groups is 2. The molecule has 1 unspecified atom stereocenters. The molecule has 1 saturated heterocycles. The van der Waals surface area contributed by atoms with Gasteiger partial charge in [0.15, 0.2) is 0 Å². The molecule has 1 atom stereocenters. The van der Waals surface area contributed by atoms with E-state index >= 15 is 0 Å². The standard InChI is InChI=1S/C25H23FN2O3/c1-27(2)13-14-28-22(19-9-5-6-10-20(19)26)21(24(30)25(28)31)23(29)18-12-11-16-7-3-4-8-17(16)15-18/h3-12,15,22,29H,13-14H2,1-2H3/b23-21+. The average molecular weight is 418 g/mol. The minimum absolute atomic E-state index is 0.0934. The summed E-state index contributed by atoms with van der Waals surface area (Å²) >= 11 is 0. The number of aliphatic hydroxyl groups excluding tert-OH is 1. The van der Waals surface area contributed by atoms with Crippen molar-refractivity contribution in [2.24, 2.45) is 0 Å². The number of ketones is 1. The molecule has 1 heterocycles. The molecule has 0 aromatic heterocycles. The van der Waals surface area contributed by atoms with Crippen molar-refractivity contribution in [2.45, 2.75) is 6.04 Å². The molecule has 0 aliphatic carbocycles. The number of carbonyl (C=O) groups excluding carboxylic acids is 2. The second-order valence-corrected chi connectivity index (χ2v) is 7.88. The van der Waals surface area contributed by atoms with Crippen LogP contribution in [0.2, 0.25) is 0 Å². The van der Waals surface area contributed by atoms with Gasteiger partial charge in [-0.1, -0.05) is 54.6 Å². The fourth-order valence-corrected chi connectivity index (χ4v) is 3.93. The molecule has 5 nitrogen and oxygen atoms in total. The number of fused-ring (bicyclic) bond motifs is 1. The monoisotopic (exact) mass is 418 g/mol. The highest BCUT2D eigenvalue weighted by molar-refractivity contribution is 6.46. The van der Waals surface area contributed by atoms with Gasteiger partial charge in [-0.2, -0.15) is 0 Å². The van der Waals surface area contributed by atoms with Gasteiger partial charge in [-0.3, -0.25) is 9.59 Å². The number of likely N-dealkylation sites (tertiary alicyclic amines) is 1. The first-order valence-corrected chi connectivity index (χ1v) is 10.0. The average Bonchev–Trinajstić information content (AvgIpc) is 3.01. The van der Waals surface area contributed by atoms with Crippen molar-refractivity contribution < 1.29 is 19.1 Å². The van der Waals surface area contributed by atoms with Crippen LogP contribution in [-0.4, -0.2) is 53.8 Å². The molecule has 1 aliphatic heterocycles. The van der Waals surface area contributed by atoms with Gasteiger partial charge in [-0.05, 0) is 37.0 Å². The minimum Gasteiger partial charge on any atom is -0.507 e. The number of Topliss-reactive ketones (excluding diaryl/α,β-unsaturated/α-hetero) is 1. The molecular weight excluding hydrogens is 395 g/mol. The summed E-state index contributed by atoms with van der Waals surface area (Å²) in [6.45, 7) is 0.721. The van der Waals surface area contributed by atoms with E-state index in [0.29, 0.717) is 12.1 Å². The lowest BCUT2D eigenvalue weighted by Crippen LogP contribution is -2.35. The first-order chi connectivity index (χ1) is 14.9. The van der Waals surface area contributed by atoms with Crippen LogP contribution >= 0.6 is 0 Å². The highest BCUT2D eigenvalue weighted by Gasteiger charge is 2.46. The molecule has 0 bridgehead atoms. The summed E-state index contributed by atoms with van der Waals surface area (Å²) in [6.07, 6.45) is 0. The molecule has 3 aromatic carbocycles. The van der Waals surface area contributed by atoms with E-state index < -0.39 is 23.5 Å². The third-order valence-electron chi connectivity index (χ3n) is 5.55. The second-order valence-electron chi connectivity index (χ2n) is 7.88. The number of rotatable bonds is 5. The van der Waals surface area contributed by atoms with Crippen LogP contribution in [0, 0.1) is 5.82 Å². The van der Waals surface area contributed by atoms with Crippen LogP contribution in [0.4, 0.5) is 4.39 Å². The number of halogens is 1. The van der Waals surface area contributed by atoms with Gasteiger partial charge in [-0.25, -0.2) is 4.39 Å². The zero-order valence-electron chi connectivity index (χ0n) is 17.4. The topological polar surface area (TPSA) is 60.9 Å². The Morgan fingerprint density at radius 3 is 2.39 bits per heavy atom. The van der Waals surface area contributed by atoms with E-state index in [1.54, 1.807) is 30.3 Å². The Morgan fingerprint density at radius 2 is 1.68 bits per heavy atom. The molecule has 1 N–H and O–H groups in total. The van der Waals surface area contributed by atoms with Crippen molar-refractivity contribution in [2.75, 3.05) is 27.2 Å². The Bertz CT molecular complexity index is 1200. The van der Waals surface area contributed by atoms with Gasteiger partial charge in [0.2, 0.25) is 0 Å². The van der Waals surface area contributed by atoms with Gasteiger partial charge in [-0.15, -0.1) is 0 Å². The molecule has 0 radical (unpaired) electrons. The quantitative estimate of drug-likeness (QED) is 0.387. The van der Waals surface area contributed by atoms with Crippen molar-refractivity contribution >= 4 is 28.2 Å². The van der Waals surface area contributed by atoms with E-state index in [9.17, 15) is 19.1 Å².